The van der Waals surface area contributed by atoms with E-state index in [0.29, 0.717) is 25.7 Å². The van der Waals surface area contributed by atoms with Gasteiger partial charge in [0.25, 0.3) is 0 Å². The molecule has 0 aliphatic rings. The van der Waals surface area contributed by atoms with E-state index in [1.807, 2.05) is 0 Å². The minimum absolute atomic E-state index is 0. The zero-order valence-electron chi connectivity index (χ0n) is 12.2. The molecular weight excluding hydrogens is 427 g/mol. The Morgan fingerprint density at radius 3 is 0.789 bits per heavy atom. The first-order valence-corrected chi connectivity index (χ1v) is 6.47. The first-order chi connectivity index (χ1) is 8.40. The van der Waals surface area contributed by atoms with E-state index in [9.17, 15) is 19.2 Å². The van der Waals surface area contributed by atoms with Crippen molar-refractivity contribution in [3.05, 3.63) is 0 Å². The molecule has 0 spiro atoms. The van der Waals surface area contributed by atoms with Crippen molar-refractivity contribution in [1.82, 2.24) is 0 Å². The van der Waals surface area contributed by atoms with Crippen molar-refractivity contribution >= 4 is 23.1 Å². The summed E-state index contributed by atoms with van der Waals surface area (Å²) in [4.78, 5) is 42.2. The first kappa shape index (κ1) is 23.5. The van der Waals surface area contributed by atoms with Gasteiger partial charge in [-0.15, -0.1) is 0 Å². The van der Waals surface area contributed by atoms with Crippen LogP contribution in [-0.2, 0) is 40.2 Å². The predicted molar refractivity (Wildman–Crippen MR) is 70.4 cm³/mol. The maximum atomic E-state index is 10.6. The molecule has 0 radical (unpaired) electrons. The van der Waals surface area contributed by atoms with Crippen LogP contribution in [-0.4, -0.2) is 23.1 Å². The smallest absolute Gasteiger partial charge is 0.299 e. The molecule has 0 aromatic heterocycles. The summed E-state index contributed by atoms with van der Waals surface area (Å²) >= 11 is 0. The van der Waals surface area contributed by atoms with Crippen molar-refractivity contribution in [1.29, 1.82) is 0 Å². The zero-order valence-corrected chi connectivity index (χ0v) is 14.5. The van der Waals surface area contributed by atoms with Gasteiger partial charge in [0.15, 0.2) is 0 Å². The number of carbonyl (C=O) groups excluding carboxylic acids is 4. The summed E-state index contributed by atoms with van der Waals surface area (Å²) in [6, 6.07) is 0. The van der Waals surface area contributed by atoms with E-state index in [2.05, 4.69) is 0 Å². The Kier molecular flexibility index (Phi) is 19.0. The van der Waals surface area contributed by atoms with E-state index in [-0.39, 0.29) is 57.0 Å². The van der Waals surface area contributed by atoms with E-state index in [4.69, 9.17) is 0 Å². The normalized spacial score (nSPS) is 8.63. The van der Waals surface area contributed by atoms with Gasteiger partial charge in [0.1, 0.15) is 23.1 Å². The van der Waals surface area contributed by atoms with Gasteiger partial charge in [0.05, 0.1) is 12.8 Å². The van der Waals surface area contributed by atoms with E-state index in [0.717, 1.165) is 0 Å². The van der Waals surface area contributed by atoms with Gasteiger partial charge in [-0.2, -0.15) is 0 Å². The molecule has 0 saturated carbocycles. The summed E-state index contributed by atoms with van der Waals surface area (Å²) in [6.07, 6.45) is 2.18. The molecule has 0 N–H and O–H groups in total. The minimum Gasteiger partial charge on any atom is -0.299 e. The molecule has 0 aliphatic heterocycles. The molecule has 0 saturated heterocycles. The fourth-order valence-corrected chi connectivity index (χ4v) is 0.940. The second kappa shape index (κ2) is 15.4. The molecule has 0 heterocycles. The van der Waals surface area contributed by atoms with E-state index >= 15 is 0 Å². The van der Waals surface area contributed by atoms with Crippen LogP contribution < -0.4 is 0 Å². The molecule has 19 heavy (non-hydrogen) atoms. The summed E-state index contributed by atoms with van der Waals surface area (Å²) in [5, 5.41) is 0. The van der Waals surface area contributed by atoms with Crippen LogP contribution in [0.15, 0.2) is 0 Å². The number of hydrogen-bond acceptors (Lipinski definition) is 4. The quantitative estimate of drug-likeness (QED) is 0.533. The van der Waals surface area contributed by atoms with Crippen LogP contribution >= 0.6 is 0 Å². The largest absolute Gasteiger partial charge is 2.00 e. The van der Waals surface area contributed by atoms with Gasteiger partial charge in [-0.3, -0.25) is 19.2 Å². The van der Waals surface area contributed by atoms with Crippen molar-refractivity contribution in [2.75, 3.05) is 0 Å². The van der Waals surface area contributed by atoms with E-state index in [1.165, 1.54) is 0 Å². The van der Waals surface area contributed by atoms with E-state index in [1.54, 1.807) is 27.7 Å². The second-order valence-corrected chi connectivity index (χ2v) is 3.92. The number of ketones is 4. The summed E-state index contributed by atoms with van der Waals surface area (Å²) in [5.74, 6) is 0.174. The Balaban J connectivity index is -0.000000256. The SMILES string of the molecule is CCC(=O)CC(=O)CC.CCC(=O)CC(=O)CC.[Pt+2]. The van der Waals surface area contributed by atoms with Crippen LogP contribution in [0.25, 0.3) is 0 Å². The molecule has 112 valence electrons. The van der Waals surface area contributed by atoms with Crippen LogP contribution in [0.1, 0.15) is 66.2 Å². The van der Waals surface area contributed by atoms with Crippen molar-refractivity contribution < 1.29 is 40.2 Å². The molecule has 0 amide bonds. The van der Waals surface area contributed by atoms with Crippen molar-refractivity contribution in [2.24, 2.45) is 0 Å². The molecule has 4 nitrogen and oxygen atoms in total. The van der Waals surface area contributed by atoms with Crippen LogP contribution in [0.2, 0.25) is 0 Å². The van der Waals surface area contributed by atoms with Crippen LogP contribution in [0.5, 0.6) is 0 Å². The van der Waals surface area contributed by atoms with Crippen LogP contribution in [0.3, 0.4) is 0 Å². The number of carbonyl (C=O) groups is 4. The van der Waals surface area contributed by atoms with Crippen LogP contribution in [0, 0.1) is 0 Å². The van der Waals surface area contributed by atoms with Gasteiger partial charge < -0.3 is 0 Å². The molecule has 0 atom stereocenters. The maximum Gasteiger partial charge on any atom is 2.00 e. The molecule has 0 aromatic rings. The maximum absolute atomic E-state index is 10.6. The Morgan fingerprint density at radius 2 is 0.684 bits per heavy atom. The Morgan fingerprint density at radius 1 is 0.526 bits per heavy atom. The van der Waals surface area contributed by atoms with Crippen molar-refractivity contribution in [3.63, 3.8) is 0 Å². The molecule has 5 heteroatoms. The van der Waals surface area contributed by atoms with Crippen LogP contribution in [0.4, 0.5) is 0 Å². The molecule has 0 aliphatic carbocycles. The predicted octanol–water partition coefficient (Wildman–Crippen LogP) is 2.67. The fourth-order valence-electron chi connectivity index (χ4n) is 0.940. The molecule has 0 aromatic carbocycles. The summed E-state index contributed by atoms with van der Waals surface area (Å²) in [7, 11) is 0. The van der Waals surface area contributed by atoms with E-state index < -0.39 is 0 Å². The molecule has 0 bridgehead atoms. The van der Waals surface area contributed by atoms with Gasteiger partial charge >= 0.3 is 21.1 Å². The molecule has 0 rings (SSSR count). The van der Waals surface area contributed by atoms with Gasteiger partial charge in [-0.05, 0) is 0 Å². The molecule has 0 unspecified atom stereocenters. The topological polar surface area (TPSA) is 68.3 Å². The van der Waals surface area contributed by atoms with Crippen molar-refractivity contribution in [3.8, 4) is 0 Å². The molecular formula is C14H24O4Pt+2. The Hall–Kier alpha value is -0.632. The second-order valence-electron chi connectivity index (χ2n) is 3.92. The Bertz CT molecular complexity index is 240. The van der Waals surface area contributed by atoms with Crippen molar-refractivity contribution in [2.45, 2.75) is 66.2 Å². The zero-order chi connectivity index (χ0) is 14.6. The number of Topliss-reactive ketones (excluding diaryl/α,β-unsaturated/α-hetero) is 4. The monoisotopic (exact) mass is 451 g/mol. The Labute approximate surface area is 130 Å². The third kappa shape index (κ3) is 17.4. The van der Waals surface area contributed by atoms with Gasteiger partial charge in [-0.25, -0.2) is 0 Å². The van der Waals surface area contributed by atoms with Gasteiger partial charge in [-0.1, -0.05) is 27.7 Å². The number of rotatable bonds is 8. The summed E-state index contributed by atoms with van der Waals surface area (Å²) in [6.45, 7) is 7.08. The summed E-state index contributed by atoms with van der Waals surface area (Å²) < 4.78 is 0. The molecule has 0 fully saturated rings. The van der Waals surface area contributed by atoms with Gasteiger partial charge in [0, 0.05) is 25.7 Å². The number of hydrogen-bond donors (Lipinski definition) is 0. The van der Waals surface area contributed by atoms with Gasteiger partial charge in [0.2, 0.25) is 0 Å². The third-order valence-corrected chi connectivity index (χ3v) is 2.37. The minimum atomic E-state index is 0. The average Bonchev–Trinajstić information content (AvgIpc) is 2.38. The first-order valence-electron chi connectivity index (χ1n) is 6.47. The third-order valence-electron chi connectivity index (χ3n) is 2.37. The standard InChI is InChI=1S/2C7H12O2.Pt/c2*1-3-6(8)5-7(9)4-2;/h2*3-5H2,1-2H3;/q;;+2. The fraction of sp³-hybridized carbons (Fsp3) is 0.714. The summed E-state index contributed by atoms with van der Waals surface area (Å²) in [5.41, 5.74) is 0. The average molecular weight is 451 g/mol.